The number of rotatable bonds is 6. The van der Waals surface area contributed by atoms with Gasteiger partial charge < -0.3 is 0 Å². The van der Waals surface area contributed by atoms with Crippen molar-refractivity contribution in [1.29, 1.82) is 0 Å². The molecular weight excluding hydrogens is 473 g/mol. The molecule has 6 nitrogen and oxygen atoms in total. The topological polar surface area (TPSA) is 61.4 Å². The van der Waals surface area contributed by atoms with Crippen LogP contribution in [0.4, 0.5) is 5.82 Å². The number of benzene rings is 1. The molecule has 1 amide bonds. The minimum absolute atomic E-state index is 0.192. The predicted octanol–water partition coefficient (Wildman–Crippen LogP) is 2.90. The number of amides is 1. The Hall–Kier alpha value is -1.21. The molecule has 3 rings (SSSR count). The van der Waals surface area contributed by atoms with Gasteiger partial charge in [0.05, 0.1) is 0 Å². The van der Waals surface area contributed by atoms with Crippen LogP contribution in [0.25, 0.3) is 10.9 Å². The van der Waals surface area contributed by atoms with E-state index in [4.69, 9.17) is 0 Å². The van der Waals surface area contributed by atoms with E-state index >= 15 is 0 Å². The van der Waals surface area contributed by atoms with Crippen LogP contribution in [-0.2, 0) is 4.79 Å². The van der Waals surface area contributed by atoms with Crippen molar-refractivity contribution in [2.45, 2.75) is 36.1 Å². The van der Waals surface area contributed by atoms with Gasteiger partial charge in [-0.25, -0.2) is 0 Å². The number of nitrogens with zero attached hydrogens (tertiary/aromatic N) is 4. The standard InChI is InChI=1S/C19H26BrN5OSe/c1-24(2)14-6-8-25(9-7-14)19(26)17(11-27-3)23-18-15-10-13(20)4-5-16(15)21-12-22-18/h4-5,10,12,14,17H,6-9,11H2,1-3H3,(H,21,22,23)/t17-/m0/s1. The number of hydrogen-bond donors (Lipinski definition) is 1. The van der Waals surface area contributed by atoms with Gasteiger partial charge in [-0.15, -0.1) is 0 Å². The van der Waals surface area contributed by atoms with Crippen molar-refractivity contribution in [3.8, 4) is 0 Å². The van der Waals surface area contributed by atoms with E-state index in [1.807, 2.05) is 23.1 Å². The van der Waals surface area contributed by atoms with Crippen LogP contribution in [-0.4, -0.2) is 79.9 Å². The Morgan fingerprint density at radius 3 is 2.78 bits per heavy atom. The normalized spacial score (nSPS) is 16.7. The van der Waals surface area contributed by atoms with Crippen molar-refractivity contribution in [3.05, 3.63) is 29.0 Å². The summed E-state index contributed by atoms with van der Waals surface area (Å²) in [5.41, 5.74) is 0.871. The number of piperidine rings is 1. The quantitative estimate of drug-likeness (QED) is 0.620. The van der Waals surface area contributed by atoms with Gasteiger partial charge in [-0.05, 0) is 0 Å². The van der Waals surface area contributed by atoms with Gasteiger partial charge in [0.2, 0.25) is 0 Å². The van der Waals surface area contributed by atoms with Crippen molar-refractivity contribution in [2.75, 3.05) is 32.5 Å². The summed E-state index contributed by atoms with van der Waals surface area (Å²) in [7, 11) is 4.23. The van der Waals surface area contributed by atoms with Crippen molar-refractivity contribution >= 4 is 53.5 Å². The van der Waals surface area contributed by atoms with Gasteiger partial charge in [0.1, 0.15) is 0 Å². The maximum absolute atomic E-state index is 13.2. The Balaban J connectivity index is 1.76. The molecule has 0 spiro atoms. The number of carbonyl (C=O) groups excluding carboxylic acids is 1. The van der Waals surface area contributed by atoms with Crippen molar-refractivity contribution in [1.82, 2.24) is 19.8 Å². The molecule has 1 saturated heterocycles. The van der Waals surface area contributed by atoms with E-state index in [0.29, 0.717) is 21.0 Å². The first kappa shape index (κ1) is 20.5. The number of anilines is 1. The number of nitrogens with one attached hydrogen (secondary N) is 1. The van der Waals surface area contributed by atoms with Crippen LogP contribution in [0.2, 0.25) is 11.1 Å². The summed E-state index contributed by atoms with van der Waals surface area (Å²) in [5.74, 6) is 3.09. The molecule has 1 atom stereocenters. The number of hydrogen-bond acceptors (Lipinski definition) is 5. The first-order chi connectivity index (χ1) is 13.0. The molecule has 146 valence electrons. The molecule has 0 unspecified atom stereocenters. The monoisotopic (exact) mass is 499 g/mol. The number of likely N-dealkylation sites (tertiary alicyclic amines) is 1. The Labute approximate surface area is 175 Å². The van der Waals surface area contributed by atoms with Crippen LogP contribution in [0.3, 0.4) is 0 Å². The molecule has 2 heterocycles. The summed E-state index contributed by atoms with van der Waals surface area (Å²) >= 11 is 3.90. The fourth-order valence-corrected chi connectivity index (χ4v) is 5.01. The summed E-state index contributed by atoms with van der Waals surface area (Å²) in [5, 5.41) is 5.20. The second-order valence-electron chi connectivity index (χ2n) is 7.06. The van der Waals surface area contributed by atoms with E-state index in [9.17, 15) is 4.79 Å². The third-order valence-corrected chi connectivity index (χ3v) is 6.94. The molecule has 8 heteroatoms. The zero-order chi connectivity index (χ0) is 19.4. The van der Waals surface area contributed by atoms with Gasteiger partial charge in [0, 0.05) is 0 Å². The van der Waals surface area contributed by atoms with Crippen LogP contribution >= 0.6 is 15.9 Å². The van der Waals surface area contributed by atoms with Gasteiger partial charge in [0.15, 0.2) is 0 Å². The SMILES string of the molecule is C[Se]C[C@H](Nc1ncnc2ccc(Br)cc12)C(=O)N1CCC(N(C)C)CC1. The molecule has 1 aliphatic heterocycles. The fourth-order valence-electron chi connectivity index (χ4n) is 3.47. The molecule has 0 bridgehead atoms. The van der Waals surface area contributed by atoms with Crippen molar-refractivity contribution < 1.29 is 4.79 Å². The van der Waals surface area contributed by atoms with E-state index in [1.54, 1.807) is 6.33 Å². The number of carbonyl (C=O) groups is 1. The molecular formula is C19H26BrN5OSe. The number of fused-ring (bicyclic) bond motifs is 1. The van der Waals surface area contributed by atoms with E-state index in [2.05, 4.69) is 56.0 Å². The van der Waals surface area contributed by atoms with Crippen LogP contribution in [0.15, 0.2) is 29.0 Å². The number of aromatic nitrogens is 2. The molecule has 0 radical (unpaired) electrons. The van der Waals surface area contributed by atoms with Crippen molar-refractivity contribution in [3.63, 3.8) is 0 Å². The van der Waals surface area contributed by atoms with E-state index < -0.39 is 0 Å². The van der Waals surface area contributed by atoms with Gasteiger partial charge >= 0.3 is 176 Å². The van der Waals surface area contributed by atoms with Gasteiger partial charge in [-0.3, -0.25) is 0 Å². The summed E-state index contributed by atoms with van der Waals surface area (Å²) < 4.78 is 0.973. The van der Waals surface area contributed by atoms with E-state index in [1.165, 1.54) is 0 Å². The Bertz CT molecular complexity index is 795. The molecule has 0 saturated carbocycles. The first-order valence-corrected chi connectivity index (χ1v) is 12.8. The van der Waals surface area contributed by atoms with Crippen LogP contribution < -0.4 is 5.32 Å². The maximum atomic E-state index is 13.2. The van der Waals surface area contributed by atoms with Crippen LogP contribution in [0.5, 0.6) is 0 Å². The molecule has 1 aromatic heterocycles. The molecule has 2 aromatic rings. The van der Waals surface area contributed by atoms with E-state index in [-0.39, 0.29) is 11.9 Å². The first-order valence-electron chi connectivity index (χ1n) is 9.10. The summed E-state index contributed by atoms with van der Waals surface area (Å²) in [6.45, 7) is 1.65. The second kappa shape index (κ2) is 9.32. The molecule has 27 heavy (non-hydrogen) atoms. The Morgan fingerprint density at radius 1 is 1.37 bits per heavy atom. The minimum atomic E-state index is -0.233. The van der Waals surface area contributed by atoms with Crippen molar-refractivity contribution in [2.24, 2.45) is 0 Å². The van der Waals surface area contributed by atoms with Gasteiger partial charge in [0.25, 0.3) is 0 Å². The van der Waals surface area contributed by atoms with Gasteiger partial charge in [-0.1, -0.05) is 0 Å². The summed E-state index contributed by atoms with van der Waals surface area (Å²) in [6.07, 6.45) is 3.62. The average molecular weight is 499 g/mol. The average Bonchev–Trinajstić information content (AvgIpc) is 2.67. The molecule has 0 aliphatic carbocycles. The molecule has 1 aromatic carbocycles. The summed E-state index contributed by atoms with van der Waals surface area (Å²) in [6, 6.07) is 6.26. The number of halogens is 1. The van der Waals surface area contributed by atoms with Crippen LogP contribution in [0.1, 0.15) is 12.8 Å². The molecule has 1 N–H and O–H groups in total. The predicted molar refractivity (Wildman–Crippen MR) is 114 cm³/mol. The van der Waals surface area contributed by atoms with Crippen LogP contribution in [0, 0.1) is 0 Å². The van der Waals surface area contributed by atoms with Gasteiger partial charge in [-0.2, -0.15) is 0 Å². The third-order valence-electron chi connectivity index (χ3n) is 5.05. The summed E-state index contributed by atoms with van der Waals surface area (Å²) in [4.78, 5) is 26.2. The zero-order valence-electron chi connectivity index (χ0n) is 16.0. The Kier molecular flexibility index (Phi) is 7.09. The molecule has 1 aliphatic rings. The molecule has 1 fully saturated rings. The third kappa shape index (κ3) is 4.99. The second-order valence-corrected chi connectivity index (χ2v) is 9.88. The zero-order valence-corrected chi connectivity index (χ0v) is 19.3. The Morgan fingerprint density at radius 2 is 2.11 bits per heavy atom. The van der Waals surface area contributed by atoms with E-state index in [0.717, 1.165) is 52.4 Å². The fraction of sp³-hybridized carbons (Fsp3) is 0.526.